The number of carboxylic acids is 1. The molecular weight excluding hydrogens is 222 g/mol. The lowest BCUT2D eigenvalue weighted by molar-refractivity contribution is -0.155. The van der Waals surface area contributed by atoms with E-state index in [2.05, 4.69) is 5.32 Å². The van der Waals surface area contributed by atoms with E-state index in [0.717, 1.165) is 19.3 Å². The van der Waals surface area contributed by atoms with Gasteiger partial charge in [-0.05, 0) is 25.7 Å². The number of carbonyl (C=O) groups is 2. The average molecular weight is 241 g/mol. The van der Waals surface area contributed by atoms with Crippen LogP contribution >= 0.6 is 0 Å². The molecule has 1 aliphatic carbocycles. The van der Waals surface area contributed by atoms with Crippen LogP contribution in [0.15, 0.2) is 0 Å². The second-order valence-electron chi connectivity index (χ2n) is 5.04. The van der Waals surface area contributed by atoms with Gasteiger partial charge in [-0.2, -0.15) is 0 Å². The lowest BCUT2D eigenvalue weighted by Crippen LogP contribution is -2.48. The molecule has 17 heavy (non-hydrogen) atoms. The van der Waals surface area contributed by atoms with Crippen LogP contribution in [-0.4, -0.2) is 36.7 Å². The first kappa shape index (κ1) is 12.4. The summed E-state index contributed by atoms with van der Waals surface area (Å²) in [5.41, 5.74) is -0.822. The molecule has 0 unspecified atom stereocenters. The molecule has 0 atom stereocenters. The van der Waals surface area contributed by atoms with Crippen molar-refractivity contribution < 1.29 is 19.4 Å². The summed E-state index contributed by atoms with van der Waals surface area (Å²) in [4.78, 5) is 23.0. The summed E-state index contributed by atoms with van der Waals surface area (Å²) >= 11 is 0. The SMILES string of the molecule is O=C(NCC1(C(=O)O)CCOCC1)C1CCC1. The van der Waals surface area contributed by atoms with Gasteiger partial charge in [0.25, 0.3) is 0 Å². The molecule has 0 spiro atoms. The number of hydrogen-bond donors (Lipinski definition) is 2. The van der Waals surface area contributed by atoms with Gasteiger partial charge in [-0.3, -0.25) is 9.59 Å². The molecule has 96 valence electrons. The van der Waals surface area contributed by atoms with Gasteiger partial charge in [0.15, 0.2) is 0 Å². The van der Waals surface area contributed by atoms with E-state index in [4.69, 9.17) is 4.74 Å². The van der Waals surface area contributed by atoms with Crippen LogP contribution in [0.5, 0.6) is 0 Å². The fourth-order valence-electron chi connectivity index (χ4n) is 2.30. The summed E-state index contributed by atoms with van der Waals surface area (Å²) in [6.45, 7) is 1.16. The van der Waals surface area contributed by atoms with Gasteiger partial charge < -0.3 is 15.2 Å². The fraction of sp³-hybridized carbons (Fsp3) is 0.833. The van der Waals surface area contributed by atoms with Crippen molar-refractivity contribution in [3.8, 4) is 0 Å². The second-order valence-corrected chi connectivity index (χ2v) is 5.04. The predicted molar refractivity (Wildman–Crippen MR) is 60.5 cm³/mol. The van der Waals surface area contributed by atoms with Crippen molar-refractivity contribution in [1.29, 1.82) is 0 Å². The minimum absolute atomic E-state index is 0.0170. The van der Waals surface area contributed by atoms with Crippen molar-refractivity contribution in [3.05, 3.63) is 0 Å². The monoisotopic (exact) mass is 241 g/mol. The van der Waals surface area contributed by atoms with Crippen LogP contribution in [0, 0.1) is 11.3 Å². The maximum atomic E-state index is 11.7. The van der Waals surface area contributed by atoms with Crippen molar-refractivity contribution >= 4 is 11.9 Å². The fourth-order valence-corrected chi connectivity index (χ4v) is 2.30. The Kier molecular flexibility index (Phi) is 3.66. The summed E-state index contributed by atoms with van der Waals surface area (Å²) in [6.07, 6.45) is 3.95. The molecule has 5 heteroatoms. The molecule has 1 aliphatic heterocycles. The molecular formula is C12H19NO4. The number of carboxylic acid groups (broad SMARTS) is 1. The van der Waals surface area contributed by atoms with Gasteiger partial charge in [-0.15, -0.1) is 0 Å². The Balaban J connectivity index is 1.88. The Labute approximate surface area is 101 Å². The van der Waals surface area contributed by atoms with Crippen molar-refractivity contribution in [1.82, 2.24) is 5.32 Å². The maximum absolute atomic E-state index is 11.7. The highest BCUT2D eigenvalue weighted by Crippen LogP contribution is 2.31. The number of nitrogens with one attached hydrogen (secondary N) is 1. The van der Waals surface area contributed by atoms with E-state index >= 15 is 0 Å². The summed E-state index contributed by atoms with van der Waals surface area (Å²) in [5, 5.41) is 12.1. The van der Waals surface area contributed by atoms with Gasteiger partial charge in [0, 0.05) is 25.7 Å². The summed E-state index contributed by atoms with van der Waals surface area (Å²) in [6, 6.07) is 0. The summed E-state index contributed by atoms with van der Waals surface area (Å²) < 4.78 is 5.19. The highest BCUT2D eigenvalue weighted by atomic mass is 16.5. The van der Waals surface area contributed by atoms with Gasteiger partial charge in [0.05, 0.1) is 5.41 Å². The molecule has 2 N–H and O–H groups in total. The Morgan fingerprint density at radius 1 is 1.29 bits per heavy atom. The lowest BCUT2D eigenvalue weighted by Gasteiger charge is -2.34. The largest absolute Gasteiger partial charge is 0.481 e. The molecule has 5 nitrogen and oxygen atoms in total. The zero-order valence-corrected chi connectivity index (χ0v) is 9.91. The maximum Gasteiger partial charge on any atom is 0.311 e. The second kappa shape index (κ2) is 5.04. The molecule has 1 saturated carbocycles. The molecule has 2 fully saturated rings. The third-order valence-corrected chi connectivity index (χ3v) is 3.98. The topological polar surface area (TPSA) is 75.6 Å². The molecule has 0 radical (unpaired) electrons. The van der Waals surface area contributed by atoms with E-state index in [1.54, 1.807) is 0 Å². The predicted octanol–water partition coefficient (Wildman–Crippen LogP) is 0.784. The molecule has 0 aromatic heterocycles. The van der Waals surface area contributed by atoms with Crippen molar-refractivity contribution in [2.75, 3.05) is 19.8 Å². The first-order valence-electron chi connectivity index (χ1n) is 6.23. The molecule has 0 aromatic carbocycles. The van der Waals surface area contributed by atoms with Gasteiger partial charge in [0.2, 0.25) is 5.91 Å². The van der Waals surface area contributed by atoms with E-state index in [0.29, 0.717) is 26.1 Å². The minimum atomic E-state index is -0.824. The number of carbonyl (C=O) groups excluding carboxylic acids is 1. The average Bonchev–Trinajstić information content (AvgIpc) is 2.25. The molecule has 2 rings (SSSR count). The van der Waals surface area contributed by atoms with Crippen LogP contribution in [-0.2, 0) is 14.3 Å². The lowest BCUT2D eigenvalue weighted by atomic mass is 9.79. The third-order valence-electron chi connectivity index (χ3n) is 3.98. The Morgan fingerprint density at radius 3 is 2.41 bits per heavy atom. The number of ether oxygens (including phenoxy) is 1. The minimum Gasteiger partial charge on any atom is -0.481 e. The Bertz CT molecular complexity index is 306. The van der Waals surface area contributed by atoms with Crippen LogP contribution in [0.4, 0.5) is 0 Å². The van der Waals surface area contributed by atoms with Gasteiger partial charge >= 0.3 is 5.97 Å². The molecule has 0 aromatic rings. The highest BCUT2D eigenvalue weighted by Gasteiger charge is 2.41. The zero-order chi connectivity index (χ0) is 12.3. The van der Waals surface area contributed by atoms with E-state index in [9.17, 15) is 14.7 Å². The van der Waals surface area contributed by atoms with Crippen LogP contribution in [0.2, 0.25) is 0 Å². The van der Waals surface area contributed by atoms with Crippen LogP contribution in [0.3, 0.4) is 0 Å². The highest BCUT2D eigenvalue weighted by molar-refractivity contribution is 5.81. The first-order chi connectivity index (χ1) is 8.14. The van der Waals surface area contributed by atoms with Crippen molar-refractivity contribution in [2.45, 2.75) is 32.1 Å². The first-order valence-corrected chi connectivity index (χ1v) is 6.23. The zero-order valence-electron chi connectivity index (χ0n) is 9.91. The Hall–Kier alpha value is -1.10. The molecule has 0 bridgehead atoms. The van der Waals surface area contributed by atoms with Gasteiger partial charge in [-0.1, -0.05) is 6.42 Å². The van der Waals surface area contributed by atoms with Crippen molar-refractivity contribution in [3.63, 3.8) is 0 Å². The number of hydrogen-bond acceptors (Lipinski definition) is 3. The molecule has 1 saturated heterocycles. The van der Waals surface area contributed by atoms with Crippen LogP contribution in [0.1, 0.15) is 32.1 Å². The third kappa shape index (κ3) is 2.60. The van der Waals surface area contributed by atoms with Gasteiger partial charge in [0.1, 0.15) is 0 Å². The quantitative estimate of drug-likeness (QED) is 0.762. The van der Waals surface area contributed by atoms with E-state index in [1.807, 2.05) is 0 Å². The number of rotatable bonds is 4. The molecule has 2 aliphatic rings. The van der Waals surface area contributed by atoms with Gasteiger partial charge in [-0.25, -0.2) is 0 Å². The van der Waals surface area contributed by atoms with E-state index in [1.165, 1.54) is 0 Å². The van der Waals surface area contributed by atoms with E-state index < -0.39 is 11.4 Å². The van der Waals surface area contributed by atoms with E-state index in [-0.39, 0.29) is 18.4 Å². The normalized spacial score (nSPS) is 23.8. The molecule has 1 heterocycles. The smallest absolute Gasteiger partial charge is 0.311 e. The number of amides is 1. The number of aliphatic carboxylic acids is 1. The summed E-state index contributed by atoms with van der Waals surface area (Å²) in [7, 11) is 0. The van der Waals surface area contributed by atoms with Crippen LogP contribution < -0.4 is 5.32 Å². The summed E-state index contributed by atoms with van der Waals surface area (Å²) in [5.74, 6) is -0.696. The standard InChI is InChI=1S/C12H19NO4/c14-10(9-2-1-3-9)13-8-12(11(15)16)4-6-17-7-5-12/h9H,1-8H2,(H,13,14)(H,15,16). The Morgan fingerprint density at radius 2 is 1.94 bits per heavy atom. The van der Waals surface area contributed by atoms with Crippen molar-refractivity contribution in [2.24, 2.45) is 11.3 Å². The molecule has 1 amide bonds. The van der Waals surface area contributed by atoms with Crippen LogP contribution in [0.25, 0.3) is 0 Å².